The molecule has 0 aliphatic carbocycles. The summed E-state index contributed by atoms with van der Waals surface area (Å²) in [6.45, 7) is 4.03. The Morgan fingerprint density at radius 1 is 1.00 bits per heavy atom. The molecule has 0 aromatic heterocycles. The fourth-order valence-corrected chi connectivity index (χ4v) is 2.17. The summed E-state index contributed by atoms with van der Waals surface area (Å²) in [5.74, 6) is 1.56. The van der Waals surface area contributed by atoms with E-state index >= 15 is 0 Å². The largest absolute Gasteiger partial charge is 0.454 e. The van der Waals surface area contributed by atoms with E-state index in [2.05, 4.69) is 5.32 Å². The van der Waals surface area contributed by atoms with Gasteiger partial charge in [-0.2, -0.15) is 0 Å². The van der Waals surface area contributed by atoms with E-state index in [0.717, 1.165) is 28.3 Å². The van der Waals surface area contributed by atoms with Gasteiger partial charge in [0.15, 0.2) is 11.5 Å². The Bertz CT molecular complexity index is 733. The van der Waals surface area contributed by atoms with Crippen molar-refractivity contribution in [2.45, 2.75) is 13.8 Å². The van der Waals surface area contributed by atoms with Crippen molar-refractivity contribution in [1.82, 2.24) is 0 Å². The molecule has 0 bridgehead atoms. The Kier molecular flexibility index (Phi) is 4.33. The first kappa shape index (κ1) is 15.2. The molecular weight excluding hydrogens is 290 g/mol. The summed E-state index contributed by atoms with van der Waals surface area (Å²) in [6, 6.07) is 13.6. The van der Waals surface area contributed by atoms with Crippen LogP contribution in [-0.4, -0.2) is 12.7 Å². The SMILES string of the molecule is CC(C)C(=O)Nc1ccc(/C=C/c2ccc3c(c2)OCO3)cc1. The minimum Gasteiger partial charge on any atom is -0.454 e. The Morgan fingerprint density at radius 3 is 2.39 bits per heavy atom. The van der Waals surface area contributed by atoms with Crippen molar-refractivity contribution in [2.75, 3.05) is 12.1 Å². The molecule has 0 saturated carbocycles. The Hall–Kier alpha value is -2.75. The van der Waals surface area contributed by atoms with Crippen LogP contribution in [0.3, 0.4) is 0 Å². The maximum atomic E-state index is 11.7. The topological polar surface area (TPSA) is 47.6 Å². The maximum Gasteiger partial charge on any atom is 0.231 e. The fraction of sp³-hybridized carbons (Fsp3) is 0.211. The molecule has 23 heavy (non-hydrogen) atoms. The first-order valence-electron chi connectivity index (χ1n) is 7.60. The lowest BCUT2D eigenvalue weighted by molar-refractivity contribution is -0.118. The van der Waals surface area contributed by atoms with Crippen LogP contribution in [0.5, 0.6) is 11.5 Å². The zero-order valence-corrected chi connectivity index (χ0v) is 13.2. The van der Waals surface area contributed by atoms with Gasteiger partial charge in [-0.25, -0.2) is 0 Å². The minimum atomic E-state index is -0.0272. The second-order valence-corrected chi connectivity index (χ2v) is 5.71. The van der Waals surface area contributed by atoms with Gasteiger partial charge in [0, 0.05) is 11.6 Å². The summed E-state index contributed by atoms with van der Waals surface area (Å²) in [4.78, 5) is 11.7. The van der Waals surface area contributed by atoms with Crippen LogP contribution in [0.1, 0.15) is 25.0 Å². The van der Waals surface area contributed by atoms with E-state index in [0.29, 0.717) is 0 Å². The van der Waals surface area contributed by atoms with Crippen LogP contribution < -0.4 is 14.8 Å². The maximum absolute atomic E-state index is 11.7. The average molecular weight is 309 g/mol. The Balaban J connectivity index is 1.67. The van der Waals surface area contributed by atoms with Crippen LogP contribution in [0, 0.1) is 5.92 Å². The van der Waals surface area contributed by atoms with Crippen LogP contribution in [0.2, 0.25) is 0 Å². The molecule has 4 nitrogen and oxygen atoms in total. The second kappa shape index (κ2) is 6.57. The van der Waals surface area contributed by atoms with Crippen LogP contribution in [0.25, 0.3) is 12.2 Å². The van der Waals surface area contributed by atoms with E-state index in [4.69, 9.17) is 9.47 Å². The normalized spacial score (nSPS) is 12.8. The van der Waals surface area contributed by atoms with E-state index in [-0.39, 0.29) is 18.6 Å². The lowest BCUT2D eigenvalue weighted by atomic mass is 10.1. The number of anilines is 1. The fourth-order valence-electron chi connectivity index (χ4n) is 2.17. The molecular formula is C19H19NO3. The molecule has 1 amide bonds. The molecule has 0 radical (unpaired) electrons. The molecule has 3 rings (SSSR count). The predicted octanol–water partition coefficient (Wildman–Crippen LogP) is 4.18. The number of carbonyl (C=O) groups excluding carboxylic acids is 1. The number of rotatable bonds is 4. The number of nitrogens with one attached hydrogen (secondary N) is 1. The summed E-state index contributed by atoms with van der Waals surface area (Å²) in [5, 5.41) is 2.88. The molecule has 0 fully saturated rings. The van der Waals surface area contributed by atoms with Crippen LogP contribution >= 0.6 is 0 Å². The highest BCUT2D eigenvalue weighted by molar-refractivity contribution is 5.92. The molecule has 0 saturated heterocycles. The monoisotopic (exact) mass is 309 g/mol. The Labute approximate surface area is 135 Å². The number of benzene rings is 2. The quantitative estimate of drug-likeness (QED) is 0.862. The average Bonchev–Trinajstić information content (AvgIpc) is 3.01. The number of carbonyl (C=O) groups is 1. The third-order valence-corrected chi connectivity index (χ3v) is 3.57. The molecule has 2 aromatic rings. The predicted molar refractivity (Wildman–Crippen MR) is 91.4 cm³/mol. The molecule has 1 aliphatic heterocycles. The van der Waals surface area contributed by atoms with Crippen molar-refractivity contribution < 1.29 is 14.3 Å². The van der Waals surface area contributed by atoms with E-state index in [9.17, 15) is 4.79 Å². The molecule has 118 valence electrons. The number of fused-ring (bicyclic) bond motifs is 1. The van der Waals surface area contributed by atoms with Gasteiger partial charge in [0.05, 0.1) is 0 Å². The van der Waals surface area contributed by atoms with Crippen molar-refractivity contribution >= 4 is 23.7 Å². The lowest BCUT2D eigenvalue weighted by Crippen LogP contribution is -2.17. The van der Waals surface area contributed by atoms with Gasteiger partial charge in [-0.05, 0) is 35.4 Å². The first-order chi connectivity index (χ1) is 11.1. The number of hydrogen-bond donors (Lipinski definition) is 1. The molecule has 0 unspecified atom stereocenters. The summed E-state index contributed by atoms with van der Waals surface area (Å²) in [5.41, 5.74) is 2.92. The summed E-state index contributed by atoms with van der Waals surface area (Å²) >= 11 is 0. The molecule has 0 spiro atoms. The Morgan fingerprint density at radius 2 is 1.65 bits per heavy atom. The lowest BCUT2D eigenvalue weighted by Gasteiger charge is -2.07. The van der Waals surface area contributed by atoms with E-state index in [1.54, 1.807) is 0 Å². The molecule has 4 heteroatoms. The zero-order chi connectivity index (χ0) is 16.2. The van der Waals surface area contributed by atoms with Gasteiger partial charge >= 0.3 is 0 Å². The summed E-state index contributed by atoms with van der Waals surface area (Å²) in [7, 11) is 0. The highest BCUT2D eigenvalue weighted by Crippen LogP contribution is 2.32. The van der Waals surface area contributed by atoms with E-state index in [1.807, 2.05) is 68.5 Å². The standard InChI is InChI=1S/C19H19NO3/c1-13(2)19(21)20-16-8-5-14(6-9-16)3-4-15-7-10-17-18(11-15)23-12-22-17/h3-11,13H,12H2,1-2H3,(H,20,21)/b4-3+. The van der Waals surface area contributed by atoms with Crippen molar-refractivity contribution in [1.29, 1.82) is 0 Å². The van der Waals surface area contributed by atoms with Crippen molar-refractivity contribution in [3.8, 4) is 11.5 Å². The van der Waals surface area contributed by atoms with Crippen LogP contribution in [-0.2, 0) is 4.79 Å². The van der Waals surface area contributed by atoms with Gasteiger partial charge in [0.2, 0.25) is 12.7 Å². The van der Waals surface area contributed by atoms with E-state index in [1.165, 1.54) is 0 Å². The summed E-state index contributed by atoms with van der Waals surface area (Å²) in [6.07, 6.45) is 4.04. The molecule has 1 heterocycles. The van der Waals surface area contributed by atoms with Gasteiger partial charge in [0.25, 0.3) is 0 Å². The number of amides is 1. The number of hydrogen-bond acceptors (Lipinski definition) is 3. The molecule has 1 N–H and O–H groups in total. The highest BCUT2D eigenvalue weighted by Gasteiger charge is 2.12. The van der Waals surface area contributed by atoms with Gasteiger partial charge in [-0.1, -0.05) is 44.2 Å². The van der Waals surface area contributed by atoms with Gasteiger partial charge in [-0.15, -0.1) is 0 Å². The zero-order valence-electron chi connectivity index (χ0n) is 13.2. The highest BCUT2D eigenvalue weighted by atomic mass is 16.7. The molecule has 1 aliphatic rings. The van der Waals surface area contributed by atoms with Crippen molar-refractivity contribution in [2.24, 2.45) is 5.92 Å². The third kappa shape index (κ3) is 3.72. The molecule has 2 aromatic carbocycles. The van der Waals surface area contributed by atoms with Crippen LogP contribution in [0.15, 0.2) is 42.5 Å². The van der Waals surface area contributed by atoms with E-state index < -0.39 is 0 Å². The first-order valence-corrected chi connectivity index (χ1v) is 7.60. The third-order valence-electron chi connectivity index (χ3n) is 3.57. The smallest absolute Gasteiger partial charge is 0.231 e. The molecule has 0 atom stereocenters. The van der Waals surface area contributed by atoms with Crippen molar-refractivity contribution in [3.05, 3.63) is 53.6 Å². The van der Waals surface area contributed by atoms with Crippen molar-refractivity contribution in [3.63, 3.8) is 0 Å². The second-order valence-electron chi connectivity index (χ2n) is 5.71. The minimum absolute atomic E-state index is 0.0219. The summed E-state index contributed by atoms with van der Waals surface area (Å²) < 4.78 is 10.7. The van der Waals surface area contributed by atoms with Gasteiger partial charge in [0.1, 0.15) is 0 Å². The van der Waals surface area contributed by atoms with Gasteiger partial charge < -0.3 is 14.8 Å². The number of ether oxygens (including phenoxy) is 2. The van der Waals surface area contributed by atoms with Gasteiger partial charge in [-0.3, -0.25) is 4.79 Å². The van der Waals surface area contributed by atoms with Crippen LogP contribution in [0.4, 0.5) is 5.69 Å².